The molecule has 11 unspecified atom stereocenters. The largest absolute Gasteiger partial charge is 0.456 e. The van der Waals surface area contributed by atoms with Crippen LogP contribution in [0, 0.1) is 29.6 Å². The lowest BCUT2D eigenvalue weighted by Crippen LogP contribution is -2.68. The number of hydrogen-bond donors (Lipinski definition) is 6. The van der Waals surface area contributed by atoms with Crippen LogP contribution in [0.5, 0.6) is 0 Å². The topological polar surface area (TPSA) is 164 Å². The first kappa shape index (κ1) is 34.9. The standard InChI is InChI=1S/C34H58N4O7/c1-5-19(3)33(42)44-26-16-23-30(41)29-25(40)15-22(18-39)43-32(29)24(13-21-10-12-37-27(35)14-21)31(23)45-34(26,4)11-9-20-7-8-28(36-6-2)38-17-20/h5,20-24,26-32,36-39,41H,6-18,35H2,1-4H3/t20?,21?,22?,23?,24?,26-,27?,28?,29?,30?,31?,32?,34-/m1/s1. The number of carbonyl (C=O) groups is 2. The summed E-state index contributed by atoms with van der Waals surface area (Å²) < 4.78 is 19.8. The van der Waals surface area contributed by atoms with Crippen LogP contribution in [0.25, 0.3) is 0 Å². The van der Waals surface area contributed by atoms with Crippen LogP contribution in [0.3, 0.4) is 0 Å². The molecule has 0 aromatic heterocycles. The highest BCUT2D eigenvalue weighted by Crippen LogP contribution is 2.52. The first-order valence-electron chi connectivity index (χ1n) is 17.5. The van der Waals surface area contributed by atoms with Gasteiger partial charge in [0, 0.05) is 23.8 Å². The molecular formula is C34H58N4O7. The van der Waals surface area contributed by atoms with Gasteiger partial charge in [0.15, 0.2) is 0 Å². The molecule has 1 saturated carbocycles. The minimum absolute atomic E-state index is 0.0735. The van der Waals surface area contributed by atoms with Crippen molar-refractivity contribution in [2.45, 2.75) is 134 Å². The predicted molar refractivity (Wildman–Crippen MR) is 170 cm³/mol. The first-order valence-corrected chi connectivity index (χ1v) is 17.5. The number of carbonyl (C=O) groups excluding carboxylic acids is 2. The second kappa shape index (κ2) is 15.2. The summed E-state index contributed by atoms with van der Waals surface area (Å²) in [4.78, 5) is 26.6. The van der Waals surface area contributed by atoms with E-state index in [1.54, 1.807) is 13.0 Å². The van der Waals surface area contributed by atoms with Gasteiger partial charge in [0.05, 0.1) is 49.3 Å². The van der Waals surface area contributed by atoms with Crippen molar-refractivity contribution in [2.75, 3.05) is 26.2 Å². The Labute approximate surface area is 268 Å². The molecular weight excluding hydrogens is 576 g/mol. The van der Waals surface area contributed by atoms with Crippen LogP contribution in [0.15, 0.2) is 11.6 Å². The summed E-state index contributed by atoms with van der Waals surface area (Å²) in [7, 11) is 0. The number of fused-ring (bicyclic) bond motifs is 2. The normalized spacial score (nSPS) is 44.2. The Morgan fingerprint density at radius 1 is 1.20 bits per heavy atom. The number of hydrogen-bond acceptors (Lipinski definition) is 11. The average Bonchev–Trinajstić information content (AvgIpc) is 3.02. The molecule has 5 rings (SSSR count). The highest BCUT2D eigenvalue weighted by atomic mass is 16.6. The maximum atomic E-state index is 13.5. The predicted octanol–water partition coefficient (Wildman–Crippen LogP) is 1.74. The number of esters is 1. The van der Waals surface area contributed by atoms with Gasteiger partial charge in [-0.05, 0) is 104 Å². The fourth-order valence-corrected chi connectivity index (χ4v) is 8.76. The molecule has 256 valence electrons. The molecule has 0 spiro atoms. The number of allylic oxidation sites excluding steroid dienone is 1. The molecule has 7 N–H and O–H groups in total. The highest BCUT2D eigenvalue weighted by molar-refractivity contribution is 5.87. The minimum atomic E-state index is -0.988. The van der Waals surface area contributed by atoms with Crippen LogP contribution in [-0.2, 0) is 23.8 Å². The zero-order valence-corrected chi connectivity index (χ0v) is 27.7. The minimum Gasteiger partial charge on any atom is -0.456 e. The second-order valence-electron chi connectivity index (χ2n) is 14.6. The third-order valence-electron chi connectivity index (χ3n) is 11.5. The van der Waals surface area contributed by atoms with E-state index in [1.807, 2.05) is 6.92 Å². The summed E-state index contributed by atoms with van der Waals surface area (Å²) in [6.07, 6.45) is 5.73. The van der Waals surface area contributed by atoms with Crippen LogP contribution in [0.4, 0.5) is 0 Å². The van der Waals surface area contributed by atoms with Crippen LogP contribution in [0.2, 0.25) is 0 Å². The van der Waals surface area contributed by atoms with Crippen molar-refractivity contribution in [1.82, 2.24) is 16.0 Å². The monoisotopic (exact) mass is 634 g/mol. The fourth-order valence-electron chi connectivity index (χ4n) is 8.76. The van der Waals surface area contributed by atoms with E-state index in [-0.39, 0.29) is 48.9 Å². The van der Waals surface area contributed by atoms with Crippen molar-refractivity contribution in [3.63, 3.8) is 0 Å². The number of aliphatic hydroxyl groups is 2. The van der Waals surface area contributed by atoms with Gasteiger partial charge < -0.3 is 46.1 Å². The van der Waals surface area contributed by atoms with E-state index in [4.69, 9.17) is 19.9 Å². The van der Waals surface area contributed by atoms with Gasteiger partial charge >= 0.3 is 5.97 Å². The zero-order chi connectivity index (χ0) is 32.3. The summed E-state index contributed by atoms with van der Waals surface area (Å²) in [5.41, 5.74) is 6.04. The smallest absolute Gasteiger partial charge is 0.333 e. The van der Waals surface area contributed by atoms with Gasteiger partial charge in [-0.2, -0.15) is 0 Å². The van der Waals surface area contributed by atoms with Crippen molar-refractivity contribution in [3.05, 3.63) is 11.6 Å². The van der Waals surface area contributed by atoms with Crippen molar-refractivity contribution in [3.8, 4) is 0 Å². The molecule has 0 radical (unpaired) electrons. The van der Waals surface area contributed by atoms with Gasteiger partial charge in [0.2, 0.25) is 0 Å². The molecule has 5 aliphatic rings. The fraction of sp³-hybridized carbons (Fsp3) is 0.882. The number of ketones is 1. The molecule has 4 heterocycles. The lowest BCUT2D eigenvalue weighted by Gasteiger charge is -2.58. The Morgan fingerprint density at radius 2 is 2.00 bits per heavy atom. The lowest BCUT2D eigenvalue weighted by atomic mass is 9.60. The quantitative estimate of drug-likeness (QED) is 0.153. The number of rotatable bonds is 10. The van der Waals surface area contributed by atoms with E-state index in [1.165, 1.54) is 0 Å². The molecule has 11 heteroatoms. The van der Waals surface area contributed by atoms with Gasteiger partial charge in [-0.15, -0.1) is 0 Å². The number of nitrogens with two attached hydrogens (primary N) is 1. The van der Waals surface area contributed by atoms with Crippen molar-refractivity contribution < 1.29 is 34.0 Å². The molecule has 4 aliphatic heterocycles. The van der Waals surface area contributed by atoms with Gasteiger partial charge in [-0.1, -0.05) is 13.0 Å². The van der Waals surface area contributed by atoms with Crippen LogP contribution in [0.1, 0.15) is 85.5 Å². The lowest BCUT2D eigenvalue weighted by molar-refractivity contribution is -0.286. The molecule has 0 aromatic rings. The number of nitrogens with one attached hydrogen (secondary N) is 3. The third kappa shape index (κ3) is 7.83. The molecule has 0 bridgehead atoms. The second-order valence-corrected chi connectivity index (χ2v) is 14.6. The maximum Gasteiger partial charge on any atom is 0.333 e. The summed E-state index contributed by atoms with van der Waals surface area (Å²) in [5, 5.41) is 32.3. The van der Waals surface area contributed by atoms with Crippen molar-refractivity contribution in [1.29, 1.82) is 0 Å². The van der Waals surface area contributed by atoms with E-state index >= 15 is 0 Å². The number of piperidine rings is 2. The Kier molecular flexibility index (Phi) is 11.8. The number of Topliss-reactive ketones (excluding diaryl/α,β-unsaturated/α-hetero) is 1. The van der Waals surface area contributed by atoms with Gasteiger partial charge in [-0.3, -0.25) is 4.79 Å². The molecule has 0 amide bonds. The summed E-state index contributed by atoms with van der Waals surface area (Å²) >= 11 is 0. The van der Waals surface area contributed by atoms with Gasteiger partial charge in [-0.25, -0.2) is 4.79 Å². The molecule has 13 atom stereocenters. The molecule has 5 fully saturated rings. The molecule has 0 aromatic carbocycles. The van der Waals surface area contributed by atoms with Crippen molar-refractivity contribution >= 4 is 11.8 Å². The Balaban J connectivity index is 1.42. The van der Waals surface area contributed by atoms with Crippen LogP contribution in [-0.4, -0.2) is 96.7 Å². The first-order chi connectivity index (χ1) is 21.6. The maximum absolute atomic E-state index is 13.5. The average molecular weight is 635 g/mol. The van der Waals surface area contributed by atoms with E-state index < -0.39 is 35.9 Å². The number of aliphatic hydroxyl groups excluding tert-OH is 2. The zero-order valence-electron chi connectivity index (χ0n) is 27.7. The summed E-state index contributed by atoms with van der Waals surface area (Å²) in [6, 6.07) is 0. The Bertz CT molecular complexity index is 1050. The third-order valence-corrected chi connectivity index (χ3v) is 11.5. The SMILES string of the molecule is CC=C(C)C(=O)O[C@@H]1CC2C(O)C3C(=O)CC(CO)OC3C(CC3CCNC(N)C3)C2O[C@]1(C)CCC1CCC(NCC)NC1. The molecule has 1 aliphatic carbocycles. The van der Waals surface area contributed by atoms with Crippen LogP contribution < -0.4 is 21.7 Å². The summed E-state index contributed by atoms with van der Waals surface area (Å²) in [6.45, 7) is 10.2. The number of ether oxygens (including phenoxy) is 3. The van der Waals surface area contributed by atoms with Gasteiger partial charge in [0.1, 0.15) is 17.5 Å². The van der Waals surface area contributed by atoms with E-state index in [9.17, 15) is 19.8 Å². The van der Waals surface area contributed by atoms with Crippen LogP contribution >= 0.6 is 0 Å². The van der Waals surface area contributed by atoms with Crippen molar-refractivity contribution in [2.24, 2.45) is 35.3 Å². The van der Waals surface area contributed by atoms with E-state index in [0.717, 1.165) is 58.2 Å². The van der Waals surface area contributed by atoms with Gasteiger partial charge in [0.25, 0.3) is 0 Å². The molecule has 45 heavy (non-hydrogen) atoms. The molecule has 4 saturated heterocycles. The Morgan fingerprint density at radius 3 is 2.67 bits per heavy atom. The molecule has 11 nitrogen and oxygen atoms in total. The summed E-state index contributed by atoms with van der Waals surface area (Å²) in [5.74, 6) is -0.915. The highest BCUT2D eigenvalue weighted by Gasteiger charge is 2.61. The Hall–Kier alpha value is -1.44. The van der Waals surface area contributed by atoms with E-state index in [2.05, 4.69) is 29.8 Å². The van der Waals surface area contributed by atoms with E-state index in [0.29, 0.717) is 36.4 Å².